The Hall–Kier alpha value is -2.04. The summed E-state index contributed by atoms with van der Waals surface area (Å²) in [5.41, 5.74) is 5.59. The van der Waals surface area contributed by atoms with Crippen LogP contribution in [0.1, 0.15) is 43.0 Å². The van der Waals surface area contributed by atoms with E-state index in [4.69, 9.17) is 10.5 Å². The van der Waals surface area contributed by atoms with Crippen molar-refractivity contribution in [3.63, 3.8) is 0 Å². The highest BCUT2D eigenvalue weighted by Crippen LogP contribution is 2.49. The molecule has 2 aliphatic rings. The summed E-state index contributed by atoms with van der Waals surface area (Å²) >= 11 is 0. The summed E-state index contributed by atoms with van der Waals surface area (Å²) in [7, 11) is 0. The molecule has 124 valence electrons. The smallest absolute Gasteiger partial charge is 0.258 e. The number of carbonyl (C=O) groups is 2. The number of amides is 2. The number of nitrogens with one attached hydrogen (secondary N) is 1. The summed E-state index contributed by atoms with van der Waals surface area (Å²) in [6, 6.07) is 6.87. The van der Waals surface area contributed by atoms with Gasteiger partial charge in [0, 0.05) is 6.04 Å². The molecular formula is C18H24N2O3. The molecule has 5 heteroatoms. The number of primary amides is 1. The second kappa shape index (κ2) is 6.60. The summed E-state index contributed by atoms with van der Waals surface area (Å²) in [6.07, 6.45) is 5.22. The zero-order valence-corrected chi connectivity index (χ0v) is 13.5. The number of fused-ring (bicyclic) bond motifs is 2. The van der Waals surface area contributed by atoms with Gasteiger partial charge in [0.2, 0.25) is 0 Å². The molecule has 2 bridgehead atoms. The van der Waals surface area contributed by atoms with Gasteiger partial charge in [-0.25, -0.2) is 0 Å². The molecule has 3 N–H and O–H groups in total. The molecule has 2 saturated carbocycles. The highest BCUT2D eigenvalue weighted by molar-refractivity contribution is 5.95. The van der Waals surface area contributed by atoms with Gasteiger partial charge in [-0.05, 0) is 56.1 Å². The number of hydrogen-bond acceptors (Lipinski definition) is 3. The maximum Gasteiger partial charge on any atom is 0.258 e. The number of ether oxygens (including phenoxy) is 1. The van der Waals surface area contributed by atoms with E-state index in [1.807, 2.05) is 0 Å². The van der Waals surface area contributed by atoms with Crippen LogP contribution in [0.4, 0.5) is 0 Å². The lowest BCUT2D eigenvalue weighted by molar-refractivity contribution is -0.124. The van der Waals surface area contributed by atoms with Gasteiger partial charge in [-0.1, -0.05) is 18.6 Å². The van der Waals surface area contributed by atoms with Crippen molar-refractivity contribution >= 4 is 11.8 Å². The van der Waals surface area contributed by atoms with Crippen LogP contribution < -0.4 is 15.8 Å². The lowest BCUT2D eigenvalue weighted by Gasteiger charge is -2.28. The first-order valence-electron chi connectivity index (χ1n) is 8.35. The number of rotatable bonds is 6. The first-order valence-corrected chi connectivity index (χ1v) is 8.35. The molecule has 23 heavy (non-hydrogen) atoms. The molecular weight excluding hydrogens is 292 g/mol. The van der Waals surface area contributed by atoms with Crippen molar-refractivity contribution in [1.82, 2.24) is 5.32 Å². The van der Waals surface area contributed by atoms with Crippen molar-refractivity contribution in [2.24, 2.45) is 23.5 Å². The molecule has 4 atom stereocenters. The predicted molar refractivity (Wildman–Crippen MR) is 87.0 cm³/mol. The van der Waals surface area contributed by atoms with Crippen molar-refractivity contribution in [3.8, 4) is 5.75 Å². The van der Waals surface area contributed by atoms with Gasteiger partial charge in [0.1, 0.15) is 5.75 Å². The Morgan fingerprint density at radius 3 is 2.74 bits per heavy atom. The van der Waals surface area contributed by atoms with Crippen LogP contribution in [0.5, 0.6) is 5.75 Å². The molecule has 0 aromatic heterocycles. The summed E-state index contributed by atoms with van der Waals surface area (Å²) < 4.78 is 5.47. The fraction of sp³-hybridized carbons (Fsp3) is 0.556. The van der Waals surface area contributed by atoms with Crippen molar-refractivity contribution in [2.75, 3.05) is 6.61 Å². The molecule has 1 aromatic rings. The van der Waals surface area contributed by atoms with Gasteiger partial charge in [0.05, 0.1) is 5.56 Å². The monoisotopic (exact) mass is 316 g/mol. The minimum Gasteiger partial charge on any atom is -0.483 e. The van der Waals surface area contributed by atoms with E-state index in [1.165, 1.54) is 25.7 Å². The Balaban J connectivity index is 1.51. The van der Waals surface area contributed by atoms with E-state index in [1.54, 1.807) is 24.3 Å². The van der Waals surface area contributed by atoms with Crippen LogP contribution in [0, 0.1) is 17.8 Å². The molecule has 2 fully saturated rings. The summed E-state index contributed by atoms with van der Waals surface area (Å²) in [5, 5.41) is 3.05. The summed E-state index contributed by atoms with van der Waals surface area (Å²) in [6.45, 7) is 1.98. The molecule has 0 unspecified atom stereocenters. The minimum absolute atomic E-state index is 0.102. The topological polar surface area (TPSA) is 81.4 Å². The van der Waals surface area contributed by atoms with Gasteiger partial charge < -0.3 is 15.8 Å². The summed E-state index contributed by atoms with van der Waals surface area (Å²) in [5.74, 6) is 1.86. The van der Waals surface area contributed by atoms with Crippen molar-refractivity contribution in [3.05, 3.63) is 29.8 Å². The number of hydrogen-bond donors (Lipinski definition) is 2. The highest BCUT2D eigenvalue weighted by Gasteiger charge is 2.42. The third kappa shape index (κ3) is 3.49. The molecule has 0 spiro atoms. The predicted octanol–water partition coefficient (Wildman–Crippen LogP) is 2.11. The zero-order chi connectivity index (χ0) is 16.4. The van der Waals surface area contributed by atoms with Gasteiger partial charge >= 0.3 is 0 Å². The van der Waals surface area contributed by atoms with E-state index in [-0.39, 0.29) is 18.6 Å². The van der Waals surface area contributed by atoms with Crippen LogP contribution in [0.2, 0.25) is 0 Å². The van der Waals surface area contributed by atoms with Gasteiger partial charge in [-0.2, -0.15) is 0 Å². The van der Waals surface area contributed by atoms with Gasteiger partial charge in [-0.15, -0.1) is 0 Å². The van der Waals surface area contributed by atoms with Crippen LogP contribution in [0.25, 0.3) is 0 Å². The third-order valence-electron chi connectivity index (χ3n) is 5.33. The fourth-order valence-corrected chi connectivity index (χ4v) is 4.25. The highest BCUT2D eigenvalue weighted by atomic mass is 16.5. The van der Waals surface area contributed by atoms with Crippen LogP contribution >= 0.6 is 0 Å². The zero-order valence-electron chi connectivity index (χ0n) is 13.5. The molecule has 0 saturated heterocycles. The van der Waals surface area contributed by atoms with Crippen LogP contribution in [-0.4, -0.2) is 24.5 Å². The van der Waals surface area contributed by atoms with E-state index >= 15 is 0 Å². The molecule has 2 aliphatic carbocycles. The van der Waals surface area contributed by atoms with Crippen molar-refractivity contribution in [2.45, 2.75) is 38.6 Å². The van der Waals surface area contributed by atoms with E-state index in [0.29, 0.717) is 17.2 Å². The molecule has 2 amide bonds. The van der Waals surface area contributed by atoms with E-state index in [2.05, 4.69) is 12.2 Å². The number of benzene rings is 1. The molecule has 0 radical (unpaired) electrons. The lowest BCUT2D eigenvalue weighted by atomic mass is 9.84. The average molecular weight is 316 g/mol. The van der Waals surface area contributed by atoms with Crippen LogP contribution in [-0.2, 0) is 4.79 Å². The Morgan fingerprint density at radius 2 is 2.09 bits per heavy atom. The maximum absolute atomic E-state index is 12.1. The number of carbonyl (C=O) groups excluding carboxylic acids is 2. The third-order valence-corrected chi connectivity index (χ3v) is 5.33. The second-order valence-corrected chi connectivity index (χ2v) is 6.84. The maximum atomic E-state index is 12.1. The van der Waals surface area contributed by atoms with Crippen molar-refractivity contribution < 1.29 is 14.3 Å². The standard InChI is InChI=1S/C18H24N2O3/c1-11(15-9-12-6-7-13(15)8-12)20-17(21)10-23-16-5-3-2-4-14(16)18(19)22/h2-5,11-13,15H,6-10H2,1H3,(H2,19,22)(H,20,21)/t11-,12+,13+,15-/m0/s1. The largest absolute Gasteiger partial charge is 0.483 e. The number of para-hydroxylation sites is 1. The van der Waals surface area contributed by atoms with Crippen LogP contribution in [0.15, 0.2) is 24.3 Å². The minimum atomic E-state index is -0.559. The van der Waals surface area contributed by atoms with E-state index < -0.39 is 5.91 Å². The first kappa shape index (κ1) is 15.8. The normalized spacial score (nSPS) is 26.7. The molecule has 1 aromatic carbocycles. The van der Waals surface area contributed by atoms with Crippen LogP contribution in [0.3, 0.4) is 0 Å². The molecule has 0 aliphatic heterocycles. The molecule has 3 rings (SSSR count). The van der Waals surface area contributed by atoms with Gasteiger partial charge in [0.15, 0.2) is 6.61 Å². The Bertz CT molecular complexity index is 602. The van der Waals surface area contributed by atoms with E-state index in [9.17, 15) is 9.59 Å². The van der Waals surface area contributed by atoms with Crippen molar-refractivity contribution in [1.29, 1.82) is 0 Å². The SMILES string of the molecule is C[C@H](NC(=O)COc1ccccc1C(N)=O)[C@@H]1C[C@@H]2CC[C@@H]1C2. The molecule has 5 nitrogen and oxygen atoms in total. The number of nitrogens with two attached hydrogens (primary N) is 1. The Morgan fingerprint density at radius 1 is 1.30 bits per heavy atom. The first-order chi connectivity index (χ1) is 11.0. The fourth-order valence-electron chi connectivity index (χ4n) is 4.25. The lowest BCUT2D eigenvalue weighted by Crippen LogP contribution is -2.42. The quantitative estimate of drug-likeness (QED) is 0.843. The Kier molecular flexibility index (Phi) is 4.55. The van der Waals surface area contributed by atoms with Gasteiger partial charge in [-0.3, -0.25) is 9.59 Å². The van der Waals surface area contributed by atoms with Gasteiger partial charge in [0.25, 0.3) is 11.8 Å². The average Bonchev–Trinajstić information content (AvgIpc) is 3.16. The Labute approximate surface area is 136 Å². The van der Waals surface area contributed by atoms with E-state index in [0.717, 1.165) is 11.8 Å². The summed E-state index contributed by atoms with van der Waals surface area (Å²) in [4.78, 5) is 23.5. The second-order valence-electron chi connectivity index (χ2n) is 6.84. The molecule has 0 heterocycles.